The van der Waals surface area contributed by atoms with Crippen molar-refractivity contribution in [2.24, 2.45) is 16.5 Å². The lowest BCUT2D eigenvalue weighted by atomic mass is 10.6. The molecule has 0 aromatic heterocycles. The molecule has 7 heteroatoms. The predicted molar refractivity (Wildman–Crippen MR) is 46.8 cm³/mol. The highest BCUT2D eigenvalue weighted by Gasteiger charge is 1.97. The third-order valence-corrected chi connectivity index (χ3v) is 0.667. The summed E-state index contributed by atoms with van der Waals surface area (Å²) in [4.78, 5) is 23.5. The second kappa shape index (κ2) is 6.17. The zero-order valence-electron chi connectivity index (χ0n) is 6.11. The standard InChI is InChI=1S/C5H8N4O2.ClH/c1-2-3(10)8-4(6)9-5(7)11;/h2H,1H2,(H5,6,7,8,9,10,11);1H. The van der Waals surface area contributed by atoms with E-state index in [2.05, 4.69) is 17.3 Å². The first-order valence-corrected chi connectivity index (χ1v) is 2.63. The number of carbonyl (C=O) groups is 2. The molecule has 0 saturated carbocycles. The van der Waals surface area contributed by atoms with E-state index >= 15 is 0 Å². The molecule has 0 radical (unpaired) electrons. The Kier molecular flexibility index (Phi) is 6.71. The number of aliphatic imine (C=N–C) groups is 1. The summed E-state index contributed by atoms with van der Waals surface area (Å²) in [5.74, 6) is -0.894. The van der Waals surface area contributed by atoms with E-state index in [1.165, 1.54) is 0 Å². The molecule has 0 aliphatic rings. The minimum absolute atomic E-state index is 0. The zero-order chi connectivity index (χ0) is 8.85. The fraction of sp³-hybridized carbons (Fsp3) is 0. The van der Waals surface area contributed by atoms with Crippen LogP contribution >= 0.6 is 12.4 Å². The van der Waals surface area contributed by atoms with Gasteiger partial charge in [-0.25, -0.2) is 4.79 Å². The van der Waals surface area contributed by atoms with Gasteiger partial charge in [-0.05, 0) is 6.08 Å². The van der Waals surface area contributed by atoms with E-state index in [1.54, 1.807) is 0 Å². The van der Waals surface area contributed by atoms with Crippen LogP contribution in [0.3, 0.4) is 0 Å². The van der Waals surface area contributed by atoms with Crippen molar-refractivity contribution in [3.63, 3.8) is 0 Å². The number of hydrogen-bond donors (Lipinski definition) is 3. The van der Waals surface area contributed by atoms with E-state index in [4.69, 9.17) is 5.73 Å². The highest BCUT2D eigenvalue weighted by Crippen LogP contribution is 1.69. The van der Waals surface area contributed by atoms with Crippen molar-refractivity contribution in [3.8, 4) is 0 Å². The van der Waals surface area contributed by atoms with Gasteiger partial charge >= 0.3 is 6.03 Å². The van der Waals surface area contributed by atoms with Gasteiger partial charge in [-0.15, -0.1) is 12.4 Å². The van der Waals surface area contributed by atoms with E-state index in [9.17, 15) is 9.59 Å². The van der Waals surface area contributed by atoms with E-state index in [0.717, 1.165) is 6.08 Å². The number of nitrogens with two attached hydrogens (primary N) is 2. The number of amides is 3. The number of nitrogens with one attached hydrogen (secondary N) is 1. The summed E-state index contributed by atoms with van der Waals surface area (Å²) in [6.07, 6.45) is 0.989. The Bertz CT molecular complexity index is 225. The molecule has 0 saturated heterocycles. The fourth-order valence-corrected chi connectivity index (χ4v) is 0.324. The van der Waals surface area contributed by atoms with Crippen molar-refractivity contribution in [3.05, 3.63) is 12.7 Å². The average Bonchev–Trinajstić information content (AvgIpc) is 1.85. The van der Waals surface area contributed by atoms with Crippen molar-refractivity contribution < 1.29 is 9.59 Å². The lowest BCUT2D eigenvalue weighted by Gasteiger charge is -1.96. The quantitative estimate of drug-likeness (QED) is 0.285. The zero-order valence-corrected chi connectivity index (χ0v) is 6.93. The van der Waals surface area contributed by atoms with Gasteiger partial charge in [-0.2, -0.15) is 4.99 Å². The number of urea groups is 1. The third kappa shape index (κ3) is 6.56. The monoisotopic (exact) mass is 192 g/mol. The van der Waals surface area contributed by atoms with Crippen molar-refractivity contribution >= 4 is 30.3 Å². The minimum atomic E-state index is -0.966. The molecule has 0 rings (SSSR count). The Morgan fingerprint density at radius 2 is 1.92 bits per heavy atom. The van der Waals surface area contributed by atoms with Gasteiger partial charge in [0.1, 0.15) is 0 Å². The molecule has 0 aromatic rings. The molecule has 0 fully saturated rings. The highest BCUT2D eigenvalue weighted by atomic mass is 35.5. The Hall–Kier alpha value is -1.56. The van der Waals surface area contributed by atoms with Crippen LogP contribution < -0.4 is 16.8 Å². The highest BCUT2D eigenvalue weighted by molar-refractivity contribution is 6.04. The Morgan fingerprint density at radius 3 is 2.25 bits per heavy atom. The van der Waals surface area contributed by atoms with Gasteiger partial charge in [0.2, 0.25) is 11.9 Å². The number of rotatable bonds is 1. The summed E-state index contributed by atoms with van der Waals surface area (Å²) in [7, 11) is 0. The normalized spacial score (nSPS) is 9.50. The van der Waals surface area contributed by atoms with Crippen LogP contribution in [0.4, 0.5) is 4.79 Å². The number of halogens is 1. The fourth-order valence-electron chi connectivity index (χ4n) is 0.324. The number of carbonyl (C=O) groups excluding carboxylic acids is 2. The average molecular weight is 193 g/mol. The maximum atomic E-state index is 10.5. The summed E-state index contributed by atoms with van der Waals surface area (Å²) in [6, 6.07) is -0.966. The summed E-state index contributed by atoms with van der Waals surface area (Å²) < 4.78 is 0. The Morgan fingerprint density at radius 1 is 1.42 bits per heavy atom. The summed E-state index contributed by atoms with van der Waals surface area (Å²) in [6.45, 7) is 3.15. The molecule has 0 unspecified atom stereocenters. The summed E-state index contributed by atoms with van der Waals surface area (Å²) in [5.41, 5.74) is 9.65. The number of nitrogens with zero attached hydrogens (tertiary/aromatic N) is 1. The predicted octanol–water partition coefficient (Wildman–Crippen LogP) is -0.896. The SMILES string of the molecule is C=CC(=O)N/C(N)=N/C(N)=O.Cl. The topological polar surface area (TPSA) is 111 Å². The van der Waals surface area contributed by atoms with Crippen molar-refractivity contribution in [1.29, 1.82) is 0 Å². The molecule has 3 amide bonds. The number of guanidine groups is 1. The van der Waals surface area contributed by atoms with Gasteiger partial charge < -0.3 is 11.5 Å². The Labute approximate surface area is 75.1 Å². The van der Waals surface area contributed by atoms with Gasteiger partial charge in [0.05, 0.1) is 0 Å². The second-order valence-electron chi connectivity index (χ2n) is 1.53. The van der Waals surface area contributed by atoms with Crippen LogP contribution in [0.1, 0.15) is 0 Å². The van der Waals surface area contributed by atoms with Crippen LogP contribution in [-0.4, -0.2) is 17.9 Å². The van der Waals surface area contributed by atoms with Crippen LogP contribution in [0, 0.1) is 0 Å². The maximum absolute atomic E-state index is 10.5. The second-order valence-corrected chi connectivity index (χ2v) is 1.53. The van der Waals surface area contributed by atoms with Crippen LogP contribution in [0.25, 0.3) is 0 Å². The first kappa shape index (κ1) is 13.1. The minimum Gasteiger partial charge on any atom is -0.369 e. The molecule has 0 heterocycles. The maximum Gasteiger partial charge on any atom is 0.341 e. The van der Waals surface area contributed by atoms with E-state index < -0.39 is 11.9 Å². The molecule has 0 atom stereocenters. The molecule has 6 nitrogen and oxygen atoms in total. The first-order chi connectivity index (χ1) is 5.06. The van der Waals surface area contributed by atoms with Gasteiger partial charge in [-0.3, -0.25) is 10.1 Å². The van der Waals surface area contributed by atoms with Crippen molar-refractivity contribution in [2.45, 2.75) is 0 Å². The summed E-state index contributed by atoms with van der Waals surface area (Å²) in [5, 5.41) is 2.03. The van der Waals surface area contributed by atoms with Crippen molar-refractivity contribution in [2.75, 3.05) is 0 Å². The van der Waals surface area contributed by atoms with Gasteiger partial charge in [-0.1, -0.05) is 6.58 Å². The lowest BCUT2D eigenvalue weighted by molar-refractivity contribution is -0.115. The molecule has 0 spiro atoms. The van der Waals surface area contributed by atoms with Gasteiger partial charge in [0.25, 0.3) is 0 Å². The van der Waals surface area contributed by atoms with Crippen LogP contribution in [0.15, 0.2) is 17.6 Å². The van der Waals surface area contributed by atoms with Crippen molar-refractivity contribution in [1.82, 2.24) is 5.32 Å². The largest absolute Gasteiger partial charge is 0.369 e. The molecule has 68 valence electrons. The van der Waals surface area contributed by atoms with Crippen LogP contribution in [0.2, 0.25) is 0 Å². The third-order valence-electron chi connectivity index (χ3n) is 0.667. The van der Waals surface area contributed by atoms with Gasteiger partial charge in [0, 0.05) is 0 Å². The molecule has 0 aliphatic carbocycles. The molecular formula is C5H9ClN4O2. The Balaban J connectivity index is 0. The number of primary amides is 1. The molecular weight excluding hydrogens is 184 g/mol. The molecule has 0 aliphatic heterocycles. The molecule has 0 aromatic carbocycles. The molecule has 0 bridgehead atoms. The summed E-state index contributed by atoms with van der Waals surface area (Å²) >= 11 is 0. The van der Waals surface area contributed by atoms with Crippen LogP contribution in [0.5, 0.6) is 0 Å². The lowest BCUT2D eigenvalue weighted by Crippen LogP contribution is -2.36. The van der Waals surface area contributed by atoms with Crippen LogP contribution in [-0.2, 0) is 4.79 Å². The molecule has 5 N–H and O–H groups in total. The first-order valence-electron chi connectivity index (χ1n) is 2.63. The van der Waals surface area contributed by atoms with E-state index in [-0.39, 0.29) is 18.4 Å². The van der Waals surface area contributed by atoms with E-state index in [1.807, 2.05) is 5.32 Å². The smallest absolute Gasteiger partial charge is 0.341 e. The number of hydrogen-bond acceptors (Lipinski definition) is 2. The molecule has 12 heavy (non-hydrogen) atoms. The van der Waals surface area contributed by atoms with E-state index in [0.29, 0.717) is 0 Å². The van der Waals surface area contributed by atoms with Gasteiger partial charge in [0.15, 0.2) is 0 Å².